The second kappa shape index (κ2) is 4.87. The van der Waals surface area contributed by atoms with Crippen LogP contribution < -0.4 is 5.32 Å². The van der Waals surface area contributed by atoms with Crippen LogP contribution in [-0.4, -0.2) is 10.9 Å². The summed E-state index contributed by atoms with van der Waals surface area (Å²) in [6.45, 7) is 0. The molecule has 1 aromatic carbocycles. The van der Waals surface area contributed by atoms with Gasteiger partial charge in [0.2, 0.25) is 5.91 Å². The molecule has 1 N–H and O–H groups in total. The first-order valence-corrected chi connectivity index (χ1v) is 6.40. The van der Waals surface area contributed by atoms with Crippen molar-refractivity contribution in [3.63, 3.8) is 0 Å². The second-order valence-electron chi connectivity index (χ2n) is 4.86. The van der Waals surface area contributed by atoms with Crippen LogP contribution in [0.1, 0.15) is 17.5 Å². The van der Waals surface area contributed by atoms with Gasteiger partial charge in [0.15, 0.2) is 0 Å². The number of aryl methyl sites for hydroxylation is 1. The number of benzene rings is 1. The van der Waals surface area contributed by atoms with Gasteiger partial charge in [-0.25, -0.2) is 4.98 Å². The number of carbonyl (C=O) groups excluding carboxylic acids is 1. The zero-order valence-electron chi connectivity index (χ0n) is 10.9. The van der Waals surface area contributed by atoms with Crippen LogP contribution in [0.25, 0.3) is 11.1 Å². The van der Waals surface area contributed by atoms with Crippen LogP contribution >= 0.6 is 0 Å². The van der Waals surface area contributed by atoms with Gasteiger partial charge in [0.25, 0.3) is 0 Å². The third-order valence-electron chi connectivity index (χ3n) is 3.39. The fourth-order valence-electron chi connectivity index (χ4n) is 2.27. The van der Waals surface area contributed by atoms with E-state index in [0.717, 1.165) is 23.3 Å². The zero-order chi connectivity index (χ0) is 15.0. The maximum Gasteiger partial charge on any atom is 0.416 e. The van der Waals surface area contributed by atoms with Gasteiger partial charge in [-0.05, 0) is 35.7 Å². The van der Waals surface area contributed by atoms with Crippen molar-refractivity contribution < 1.29 is 18.0 Å². The molecule has 0 saturated carbocycles. The summed E-state index contributed by atoms with van der Waals surface area (Å²) < 4.78 is 37.6. The topological polar surface area (TPSA) is 42.0 Å². The van der Waals surface area contributed by atoms with E-state index in [1.165, 1.54) is 12.1 Å². The predicted octanol–water partition coefficient (Wildman–Crippen LogP) is 3.65. The Bertz CT molecular complexity index is 693. The molecule has 1 aliphatic heterocycles. The molecule has 1 aromatic heterocycles. The lowest BCUT2D eigenvalue weighted by Crippen LogP contribution is -2.20. The van der Waals surface area contributed by atoms with Gasteiger partial charge in [0, 0.05) is 18.2 Å². The van der Waals surface area contributed by atoms with Crippen molar-refractivity contribution >= 4 is 11.7 Å². The molecule has 1 aliphatic rings. The first-order valence-electron chi connectivity index (χ1n) is 6.40. The van der Waals surface area contributed by atoms with Crippen LogP contribution in [0, 0.1) is 0 Å². The maximum atomic E-state index is 12.5. The minimum absolute atomic E-state index is 0.0720. The minimum Gasteiger partial charge on any atom is -0.310 e. The molecule has 0 spiro atoms. The number of rotatable bonds is 1. The molecule has 0 aliphatic carbocycles. The van der Waals surface area contributed by atoms with E-state index in [0.29, 0.717) is 24.2 Å². The highest BCUT2D eigenvalue weighted by molar-refractivity contribution is 5.93. The molecule has 0 fully saturated rings. The van der Waals surface area contributed by atoms with E-state index in [-0.39, 0.29) is 5.91 Å². The second-order valence-corrected chi connectivity index (χ2v) is 4.86. The van der Waals surface area contributed by atoms with E-state index in [9.17, 15) is 18.0 Å². The van der Waals surface area contributed by atoms with E-state index in [2.05, 4.69) is 10.3 Å². The van der Waals surface area contributed by atoms with Crippen molar-refractivity contribution in [2.45, 2.75) is 19.0 Å². The molecule has 3 nitrogen and oxygen atoms in total. The molecule has 21 heavy (non-hydrogen) atoms. The number of hydrogen-bond acceptors (Lipinski definition) is 2. The lowest BCUT2D eigenvalue weighted by atomic mass is 10.0. The van der Waals surface area contributed by atoms with E-state index in [1.54, 1.807) is 6.20 Å². The summed E-state index contributed by atoms with van der Waals surface area (Å²) in [6.07, 6.45) is -1.81. The number of halogens is 3. The molecule has 2 aromatic rings. The summed E-state index contributed by atoms with van der Waals surface area (Å²) in [5, 5.41) is 2.67. The van der Waals surface area contributed by atoms with Gasteiger partial charge in [0.05, 0.1) is 5.56 Å². The Balaban J connectivity index is 1.92. The Hall–Kier alpha value is -2.37. The standard InChI is InChI=1S/C15H11F3N2O/c16-15(17,18)12-4-1-9(2-5-12)11-7-10-3-6-13(21)20-14(10)19-8-11/h1-2,4-5,7-8H,3,6H2,(H,19,20,21). The molecule has 3 rings (SSSR count). The Morgan fingerprint density at radius 1 is 1.05 bits per heavy atom. The average Bonchev–Trinajstić information content (AvgIpc) is 2.46. The van der Waals surface area contributed by atoms with Crippen LogP contribution in [0.5, 0.6) is 0 Å². The number of hydrogen-bond donors (Lipinski definition) is 1. The van der Waals surface area contributed by atoms with Crippen LogP contribution in [0.2, 0.25) is 0 Å². The van der Waals surface area contributed by atoms with Gasteiger partial charge in [0.1, 0.15) is 5.82 Å². The van der Waals surface area contributed by atoms with Gasteiger partial charge in [-0.3, -0.25) is 4.79 Å². The van der Waals surface area contributed by atoms with E-state index < -0.39 is 11.7 Å². The number of amides is 1. The number of nitrogens with zero attached hydrogens (tertiary/aromatic N) is 1. The summed E-state index contributed by atoms with van der Waals surface area (Å²) in [6, 6.07) is 6.80. The van der Waals surface area contributed by atoms with E-state index >= 15 is 0 Å². The predicted molar refractivity (Wildman–Crippen MR) is 71.6 cm³/mol. The summed E-state index contributed by atoms with van der Waals surface area (Å²) >= 11 is 0. The highest BCUT2D eigenvalue weighted by atomic mass is 19.4. The molecule has 0 atom stereocenters. The van der Waals surface area contributed by atoms with Crippen molar-refractivity contribution in [1.29, 1.82) is 0 Å². The fourth-order valence-corrected chi connectivity index (χ4v) is 2.27. The number of alkyl halides is 3. The molecule has 108 valence electrons. The quantitative estimate of drug-likeness (QED) is 0.871. The Kier molecular flexibility index (Phi) is 3.16. The largest absolute Gasteiger partial charge is 0.416 e. The number of pyridine rings is 1. The number of carbonyl (C=O) groups is 1. The molecule has 2 heterocycles. The highest BCUT2D eigenvalue weighted by Crippen LogP contribution is 2.32. The summed E-state index contributed by atoms with van der Waals surface area (Å²) in [5.74, 6) is 0.458. The van der Waals surface area contributed by atoms with Crippen molar-refractivity contribution in [3.8, 4) is 11.1 Å². The summed E-state index contributed by atoms with van der Waals surface area (Å²) in [5.41, 5.74) is 1.62. The van der Waals surface area contributed by atoms with Crippen molar-refractivity contribution in [2.24, 2.45) is 0 Å². The summed E-state index contributed by atoms with van der Waals surface area (Å²) in [4.78, 5) is 15.4. The normalized spacial score (nSPS) is 14.5. The Morgan fingerprint density at radius 3 is 2.43 bits per heavy atom. The van der Waals surface area contributed by atoms with Gasteiger partial charge >= 0.3 is 6.18 Å². The Morgan fingerprint density at radius 2 is 1.76 bits per heavy atom. The van der Waals surface area contributed by atoms with Crippen LogP contribution in [-0.2, 0) is 17.4 Å². The minimum atomic E-state index is -4.34. The first-order chi connectivity index (χ1) is 9.93. The molecule has 0 bridgehead atoms. The van der Waals surface area contributed by atoms with Crippen molar-refractivity contribution in [3.05, 3.63) is 47.7 Å². The summed E-state index contributed by atoms with van der Waals surface area (Å²) in [7, 11) is 0. The molecular weight excluding hydrogens is 281 g/mol. The number of fused-ring (bicyclic) bond motifs is 1. The Labute approximate surface area is 118 Å². The fraction of sp³-hybridized carbons (Fsp3) is 0.200. The molecule has 6 heteroatoms. The first kappa shape index (κ1) is 13.6. The van der Waals surface area contributed by atoms with Gasteiger partial charge < -0.3 is 5.32 Å². The SMILES string of the molecule is O=C1CCc2cc(-c3ccc(C(F)(F)F)cc3)cnc2N1. The van der Waals surface area contributed by atoms with Crippen LogP contribution in [0.15, 0.2) is 36.5 Å². The van der Waals surface area contributed by atoms with Gasteiger partial charge in [-0.2, -0.15) is 13.2 Å². The molecule has 1 amide bonds. The van der Waals surface area contributed by atoms with Crippen LogP contribution in [0.3, 0.4) is 0 Å². The monoisotopic (exact) mass is 292 g/mol. The molecule has 0 saturated heterocycles. The lowest BCUT2D eigenvalue weighted by molar-refractivity contribution is -0.137. The molecular formula is C15H11F3N2O. The maximum absolute atomic E-state index is 12.5. The average molecular weight is 292 g/mol. The number of anilines is 1. The third-order valence-corrected chi connectivity index (χ3v) is 3.39. The lowest BCUT2D eigenvalue weighted by Gasteiger charge is -2.16. The third kappa shape index (κ3) is 2.74. The number of nitrogens with one attached hydrogen (secondary N) is 1. The van der Waals surface area contributed by atoms with Crippen LogP contribution in [0.4, 0.5) is 19.0 Å². The molecule has 0 unspecified atom stereocenters. The van der Waals surface area contributed by atoms with E-state index in [1.807, 2.05) is 6.07 Å². The highest BCUT2D eigenvalue weighted by Gasteiger charge is 2.30. The smallest absolute Gasteiger partial charge is 0.310 e. The van der Waals surface area contributed by atoms with E-state index in [4.69, 9.17) is 0 Å². The molecule has 0 radical (unpaired) electrons. The zero-order valence-corrected chi connectivity index (χ0v) is 10.9. The van der Waals surface area contributed by atoms with Crippen molar-refractivity contribution in [1.82, 2.24) is 4.98 Å². The van der Waals surface area contributed by atoms with Crippen molar-refractivity contribution in [2.75, 3.05) is 5.32 Å². The van der Waals surface area contributed by atoms with Gasteiger partial charge in [-0.15, -0.1) is 0 Å². The number of aromatic nitrogens is 1. The van der Waals surface area contributed by atoms with Gasteiger partial charge in [-0.1, -0.05) is 12.1 Å².